The van der Waals surface area contributed by atoms with Gasteiger partial charge in [-0.3, -0.25) is 9.36 Å². The Bertz CT molecular complexity index is 1200. The lowest BCUT2D eigenvalue weighted by atomic mass is 10.0. The van der Waals surface area contributed by atoms with Crippen LogP contribution in [0.1, 0.15) is 284 Å². The van der Waals surface area contributed by atoms with Gasteiger partial charge < -0.3 is 28.8 Å². The number of unbranched alkanes of at least 4 members (excludes halogenated alkanes) is 35. The molecule has 0 spiro atoms. The van der Waals surface area contributed by atoms with Gasteiger partial charge in [-0.1, -0.05) is 262 Å². The van der Waals surface area contributed by atoms with Crippen molar-refractivity contribution >= 4 is 13.7 Å². The van der Waals surface area contributed by atoms with Crippen LogP contribution in [0.25, 0.3) is 0 Å². The van der Waals surface area contributed by atoms with Gasteiger partial charge in [0.25, 0.3) is 7.82 Å². The van der Waals surface area contributed by atoms with Gasteiger partial charge in [-0.2, -0.15) is 0 Å². The molecular weight excluding hydrogens is 864 g/mol. The van der Waals surface area contributed by atoms with Crippen LogP contribution in [0, 0.1) is 0 Å². The molecule has 8 nitrogen and oxygen atoms in total. The van der Waals surface area contributed by atoms with Crippen molar-refractivity contribution in [1.82, 2.24) is 5.32 Å². The van der Waals surface area contributed by atoms with Gasteiger partial charge in [0.2, 0.25) is 5.91 Å². The summed E-state index contributed by atoms with van der Waals surface area (Å²) >= 11 is 0. The summed E-state index contributed by atoms with van der Waals surface area (Å²) in [5.74, 6) is -0.174. The topological polar surface area (TPSA) is 108 Å². The third kappa shape index (κ3) is 52.5. The van der Waals surface area contributed by atoms with E-state index < -0.39 is 20.0 Å². The highest BCUT2D eigenvalue weighted by Crippen LogP contribution is 2.38. The number of phosphoric acid groups is 1. The van der Waals surface area contributed by atoms with Gasteiger partial charge in [0.1, 0.15) is 13.2 Å². The van der Waals surface area contributed by atoms with Crippen molar-refractivity contribution in [3.63, 3.8) is 0 Å². The van der Waals surface area contributed by atoms with Crippen molar-refractivity contribution in [3.8, 4) is 0 Å². The highest BCUT2D eigenvalue weighted by molar-refractivity contribution is 7.45. The summed E-state index contributed by atoms with van der Waals surface area (Å²) in [6.07, 6.45) is 64.6. The lowest BCUT2D eigenvalue weighted by Crippen LogP contribution is -2.46. The predicted molar refractivity (Wildman–Crippen MR) is 293 cm³/mol. The fourth-order valence-corrected chi connectivity index (χ4v) is 9.48. The molecule has 0 saturated heterocycles. The van der Waals surface area contributed by atoms with Crippen LogP contribution in [0.15, 0.2) is 36.5 Å². The Hall–Kier alpha value is -1.28. The molecule has 0 aromatic heterocycles. The van der Waals surface area contributed by atoms with E-state index in [-0.39, 0.29) is 19.1 Å². The van der Waals surface area contributed by atoms with Crippen LogP contribution in [0.5, 0.6) is 0 Å². The maximum Gasteiger partial charge on any atom is 0.268 e. The lowest BCUT2D eigenvalue weighted by Gasteiger charge is -2.30. The number of carbonyl (C=O) groups excluding carboxylic acids is 1. The molecule has 0 radical (unpaired) electrons. The first-order valence-corrected chi connectivity index (χ1v) is 30.8. The molecule has 68 heavy (non-hydrogen) atoms. The number of nitrogens with zero attached hydrogens (tertiary/aromatic N) is 1. The fraction of sp³-hybridized carbons (Fsp3) is 0.881. The molecule has 0 saturated carbocycles. The number of aliphatic hydroxyl groups is 1. The Morgan fingerprint density at radius 3 is 1.26 bits per heavy atom. The van der Waals surface area contributed by atoms with Gasteiger partial charge in [-0.25, -0.2) is 0 Å². The van der Waals surface area contributed by atoms with Crippen molar-refractivity contribution < 1.29 is 32.9 Å². The first-order valence-electron chi connectivity index (χ1n) is 29.3. The number of hydrogen-bond acceptors (Lipinski definition) is 6. The van der Waals surface area contributed by atoms with Crippen molar-refractivity contribution in [1.29, 1.82) is 0 Å². The number of nitrogens with one attached hydrogen (secondary N) is 1. The van der Waals surface area contributed by atoms with Gasteiger partial charge in [0, 0.05) is 6.42 Å². The van der Waals surface area contributed by atoms with Gasteiger partial charge in [-0.05, 0) is 51.4 Å². The molecule has 0 fully saturated rings. The van der Waals surface area contributed by atoms with Gasteiger partial charge >= 0.3 is 0 Å². The fourth-order valence-electron chi connectivity index (χ4n) is 8.76. The van der Waals surface area contributed by atoms with E-state index in [4.69, 9.17) is 9.05 Å². The van der Waals surface area contributed by atoms with Crippen LogP contribution in [0.3, 0.4) is 0 Å². The van der Waals surface area contributed by atoms with Crippen LogP contribution in [-0.4, -0.2) is 68.5 Å². The van der Waals surface area contributed by atoms with Crippen LogP contribution in [0.4, 0.5) is 0 Å². The molecule has 0 rings (SSSR count). The molecule has 3 unspecified atom stereocenters. The van der Waals surface area contributed by atoms with Crippen LogP contribution < -0.4 is 10.2 Å². The number of carbonyl (C=O) groups is 1. The summed E-state index contributed by atoms with van der Waals surface area (Å²) in [7, 11) is 1.30. The van der Waals surface area contributed by atoms with E-state index in [9.17, 15) is 19.4 Å². The zero-order valence-corrected chi connectivity index (χ0v) is 46.7. The van der Waals surface area contributed by atoms with Crippen molar-refractivity contribution in [2.45, 2.75) is 296 Å². The largest absolute Gasteiger partial charge is 0.756 e. The number of rotatable bonds is 54. The molecule has 2 N–H and O–H groups in total. The molecule has 402 valence electrons. The molecule has 0 aromatic rings. The minimum atomic E-state index is -4.58. The van der Waals surface area contributed by atoms with Crippen LogP contribution >= 0.6 is 7.82 Å². The number of hydrogen-bond donors (Lipinski definition) is 2. The molecule has 9 heteroatoms. The quantitative estimate of drug-likeness (QED) is 0.0272. The molecular formula is C59H115N2O6P. The first kappa shape index (κ1) is 66.7. The van der Waals surface area contributed by atoms with Crippen molar-refractivity contribution in [3.05, 3.63) is 36.5 Å². The number of aliphatic hydroxyl groups excluding tert-OH is 1. The highest BCUT2D eigenvalue weighted by Gasteiger charge is 2.24. The van der Waals surface area contributed by atoms with E-state index in [0.717, 1.165) is 64.2 Å². The number of amides is 1. The second kappa shape index (κ2) is 50.7. The summed E-state index contributed by atoms with van der Waals surface area (Å²) < 4.78 is 23.4. The minimum absolute atomic E-state index is 0.00926. The van der Waals surface area contributed by atoms with E-state index in [1.165, 1.54) is 193 Å². The van der Waals surface area contributed by atoms with E-state index in [0.29, 0.717) is 23.9 Å². The Kier molecular flexibility index (Phi) is 49.7. The van der Waals surface area contributed by atoms with Crippen LogP contribution in [0.2, 0.25) is 0 Å². The van der Waals surface area contributed by atoms with Crippen molar-refractivity contribution in [2.75, 3.05) is 40.9 Å². The number of likely N-dealkylation sites (N-methyl/N-ethyl adjacent to an activating group) is 1. The minimum Gasteiger partial charge on any atom is -0.756 e. The van der Waals surface area contributed by atoms with Gasteiger partial charge in [0.05, 0.1) is 39.9 Å². The lowest BCUT2D eigenvalue weighted by molar-refractivity contribution is -0.870. The third-order valence-electron chi connectivity index (χ3n) is 13.4. The number of phosphoric ester groups is 1. The summed E-state index contributed by atoms with van der Waals surface area (Å²) in [6.45, 7) is 4.72. The standard InChI is InChI=1S/C59H115N2O6P/c1-6-8-10-12-14-16-18-20-22-24-26-27-28-29-30-31-32-33-35-36-38-40-42-44-46-48-50-52-58(62)57(56-67-68(64,65)66-55-54-61(3,4)5)60-59(63)53-51-49-47-45-43-41-39-37-34-25-23-21-19-17-15-13-11-9-7-2/h15,17,21,23,34,37,57-58,62H,6-14,16,18-20,22,24-33,35-36,38-56H2,1-5H3,(H-,60,63,64,65)/b17-15-,23-21-,37-34-. The van der Waals surface area contributed by atoms with E-state index in [1.54, 1.807) is 0 Å². The third-order valence-corrected chi connectivity index (χ3v) is 14.3. The summed E-state index contributed by atoms with van der Waals surface area (Å²) in [5.41, 5.74) is 0. The second-order valence-electron chi connectivity index (χ2n) is 21.4. The molecule has 0 heterocycles. The maximum absolute atomic E-state index is 13.0. The summed E-state index contributed by atoms with van der Waals surface area (Å²) in [6, 6.07) is -0.809. The van der Waals surface area contributed by atoms with Gasteiger partial charge in [0.15, 0.2) is 0 Å². The normalized spacial score (nSPS) is 14.2. The molecule has 0 aliphatic heterocycles. The number of quaternary nitrogens is 1. The number of allylic oxidation sites excluding steroid dienone is 6. The molecule has 0 aliphatic rings. The van der Waals surface area contributed by atoms with Crippen molar-refractivity contribution in [2.24, 2.45) is 0 Å². The Morgan fingerprint density at radius 1 is 0.515 bits per heavy atom. The predicted octanol–water partition coefficient (Wildman–Crippen LogP) is 17.1. The average Bonchev–Trinajstić information content (AvgIpc) is 3.30. The smallest absolute Gasteiger partial charge is 0.268 e. The van der Waals surface area contributed by atoms with E-state index >= 15 is 0 Å². The summed E-state index contributed by atoms with van der Waals surface area (Å²) in [5, 5.41) is 14.0. The molecule has 0 aromatic carbocycles. The first-order chi connectivity index (χ1) is 33.0. The second-order valence-corrected chi connectivity index (χ2v) is 22.8. The van der Waals surface area contributed by atoms with E-state index in [1.807, 2.05) is 21.1 Å². The highest BCUT2D eigenvalue weighted by atomic mass is 31.2. The molecule has 1 amide bonds. The average molecular weight is 980 g/mol. The molecule has 0 aliphatic carbocycles. The monoisotopic (exact) mass is 979 g/mol. The van der Waals surface area contributed by atoms with Gasteiger partial charge in [-0.15, -0.1) is 0 Å². The Balaban J connectivity index is 4.14. The zero-order valence-electron chi connectivity index (χ0n) is 45.8. The Labute approximate surface area is 423 Å². The summed E-state index contributed by atoms with van der Waals surface area (Å²) in [4.78, 5) is 25.5. The zero-order chi connectivity index (χ0) is 49.9. The Morgan fingerprint density at radius 2 is 0.853 bits per heavy atom. The van der Waals surface area contributed by atoms with Crippen LogP contribution in [-0.2, 0) is 18.4 Å². The maximum atomic E-state index is 13.0. The molecule has 3 atom stereocenters. The van der Waals surface area contributed by atoms with E-state index in [2.05, 4.69) is 55.6 Å². The SMILES string of the molecule is CCCCC/C=C\C/C=C\C/C=C\CCCCCCCCC(=O)NC(COP(=O)([O-])OCC[N+](C)(C)C)C(O)CCCCCCCCCCCCCCCCCCCCCCCCCCCCC. The molecule has 0 bridgehead atoms.